The minimum atomic E-state index is -1.10. The number of morpholine rings is 1. The molecule has 0 bridgehead atoms. The molecule has 0 spiro atoms. The Balaban J connectivity index is 1.81. The van der Waals surface area contributed by atoms with Crippen LogP contribution in [0.2, 0.25) is 0 Å². The van der Waals surface area contributed by atoms with Gasteiger partial charge in [0.2, 0.25) is 5.91 Å². The summed E-state index contributed by atoms with van der Waals surface area (Å²) in [4.78, 5) is 24.0. The fourth-order valence-electron chi connectivity index (χ4n) is 2.01. The predicted molar refractivity (Wildman–Crippen MR) is 76.6 cm³/mol. The number of carbonyl (C=O) groups excluding carboxylic acids is 1. The van der Waals surface area contributed by atoms with Gasteiger partial charge in [0.15, 0.2) is 0 Å². The molecule has 114 valence electrons. The zero-order chi connectivity index (χ0) is 15.1. The SMILES string of the molecule is O=C(O)COCC(=O)Nc1ccc(N2CCOCC2)cc1. The highest BCUT2D eigenvalue weighted by molar-refractivity contribution is 5.92. The van der Waals surface area contributed by atoms with Crippen LogP contribution in [-0.2, 0) is 19.1 Å². The van der Waals surface area contributed by atoms with Gasteiger partial charge in [-0.05, 0) is 24.3 Å². The second kappa shape index (κ2) is 7.61. The van der Waals surface area contributed by atoms with Crippen molar-refractivity contribution in [2.45, 2.75) is 0 Å². The fourth-order valence-corrected chi connectivity index (χ4v) is 2.01. The van der Waals surface area contributed by atoms with E-state index in [0.29, 0.717) is 5.69 Å². The van der Waals surface area contributed by atoms with Gasteiger partial charge in [-0.2, -0.15) is 0 Å². The van der Waals surface area contributed by atoms with Crippen molar-refractivity contribution < 1.29 is 24.2 Å². The Morgan fingerprint density at radius 3 is 2.48 bits per heavy atom. The minimum absolute atomic E-state index is 0.280. The van der Waals surface area contributed by atoms with Crippen molar-refractivity contribution in [3.05, 3.63) is 24.3 Å². The van der Waals surface area contributed by atoms with E-state index in [0.717, 1.165) is 32.0 Å². The molecule has 2 rings (SSSR count). The van der Waals surface area contributed by atoms with E-state index in [1.54, 1.807) is 12.1 Å². The number of benzene rings is 1. The lowest BCUT2D eigenvalue weighted by atomic mass is 10.2. The zero-order valence-electron chi connectivity index (χ0n) is 11.6. The minimum Gasteiger partial charge on any atom is -0.480 e. The molecule has 21 heavy (non-hydrogen) atoms. The first-order valence-corrected chi connectivity index (χ1v) is 6.67. The van der Waals surface area contributed by atoms with Crippen LogP contribution in [0.1, 0.15) is 0 Å². The molecule has 0 aromatic heterocycles. The number of aliphatic carboxylic acids is 1. The van der Waals surface area contributed by atoms with Gasteiger partial charge in [-0.15, -0.1) is 0 Å². The number of amides is 1. The first kappa shape index (κ1) is 15.3. The zero-order valence-corrected chi connectivity index (χ0v) is 11.6. The number of nitrogens with one attached hydrogen (secondary N) is 1. The summed E-state index contributed by atoms with van der Waals surface area (Å²) < 4.78 is 10.0. The predicted octanol–water partition coefficient (Wildman–Crippen LogP) is 0.563. The average Bonchev–Trinajstić information content (AvgIpc) is 2.48. The quantitative estimate of drug-likeness (QED) is 0.797. The van der Waals surface area contributed by atoms with Gasteiger partial charge in [0, 0.05) is 24.5 Å². The van der Waals surface area contributed by atoms with E-state index in [-0.39, 0.29) is 12.5 Å². The Kier molecular flexibility index (Phi) is 5.53. The highest BCUT2D eigenvalue weighted by atomic mass is 16.5. The molecular weight excluding hydrogens is 276 g/mol. The smallest absolute Gasteiger partial charge is 0.329 e. The maximum absolute atomic E-state index is 11.5. The molecule has 0 radical (unpaired) electrons. The summed E-state index contributed by atoms with van der Waals surface area (Å²) in [5, 5.41) is 11.0. The van der Waals surface area contributed by atoms with Crippen LogP contribution in [0.5, 0.6) is 0 Å². The summed E-state index contributed by atoms with van der Waals surface area (Å²) in [6.07, 6.45) is 0. The molecular formula is C14H18N2O5. The number of ether oxygens (including phenoxy) is 2. The highest BCUT2D eigenvalue weighted by Crippen LogP contribution is 2.18. The molecule has 1 amide bonds. The molecule has 7 nitrogen and oxygen atoms in total. The van der Waals surface area contributed by atoms with Gasteiger partial charge in [0.1, 0.15) is 13.2 Å². The lowest BCUT2D eigenvalue weighted by molar-refractivity contribution is -0.143. The fraction of sp³-hybridized carbons (Fsp3) is 0.429. The lowest BCUT2D eigenvalue weighted by Gasteiger charge is -2.28. The monoisotopic (exact) mass is 294 g/mol. The average molecular weight is 294 g/mol. The Hall–Kier alpha value is -2.12. The van der Waals surface area contributed by atoms with Crippen LogP contribution >= 0.6 is 0 Å². The maximum atomic E-state index is 11.5. The van der Waals surface area contributed by atoms with E-state index in [1.165, 1.54) is 0 Å². The summed E-state index contributed by atoms with van der Waals surface area (Å²) in [5.74, 6) is -1.48. The van der Waals surface area contributed by atoms with Gasteiger partial charge in [-0.1, -0.05) is 0 Å². The van der Waals surface area contributed by atoms with Crippen molar-refractivity contribution in [3.63, 3.8) is 0 Å². The number of hydrogen-bond acceptors (Lipinski definition) is 5. The van der Waals surface area contributed by atoms with E-state index < -0.39 is 12.6 Å². The van der Waals surface area contributed by atoms with Gasteiger partial charge in [0.25, 0.3) is 0 Å². The van der Waals surface area contributed by atoms with Crippen LogP contribution in [0, 0.1) is 0 Å². The number of rotatable bonds is 6. The molecule has 2 N–H and O–H groups in total. The molecule has 1 fully saturated rings. The lowest BCUT2D eigenvalue weighted by Crippen LogP contribution is -2.36. The third-order valence-corrected chi connectivity index (χ3v) is 2.99. The van der Waals surface area contributed by atoms with E-state index in [9.17, 15) is 9.59 Å². The summed E-state index contributed by atoms with van der Waals surface area (Å²) in [7, 11) is 0. The first-order valence-electron chi connectivity index (χ1n) is 6.67. The van der Waals surface area contributed by atoms with E-state index >= 15 is 0 Å². The van der Waals surface area contributed by atoms with Crippen molar-refractivity contribution >= 4 is 23.3 Å². The molecule has 1 aliphatic rings. The molecule has 1 heterocycles. The Morgan fingerprint density at radius 2 is 1.86 bits per heavy atom. The molecule has 1 aromatic carbocycles. The highest BCUT2D eigenvalue weighted by Gasteiger charge is 2.11. The summed E-state index contributed by atoms with van der Waals surface area (Å²) in [5.41, 5.74) is 1.73. The van der Waals surface area contributed by atoms with Crippen LogP contribution in [-0.4, -0.2) is 56.5 Å². The Bertz CT molecular complexity index is 483. The van der Waals surface area contributed by atoms with E-state index in [2.05, 4.69) is 10.2 Å². The number of anilines is 2. The molecule has 1 aromatic rings. The normalized spacial score (nSPS) is 14.8. The van der Waals surface area contributed by atoms with Gasteiger partial charge in [0.05, 0.1) is 13.2 Å². The first-order chi connectivity index (χ1) is 10.1. The largest absolute Gasteiger partial charge is 0.480 e. The van der Waals surface area contributed by atoms with Gasteiger partial charge in [-0.3, -0.25) is 4.79 Å². The van der Waals surface area contributed by atoms with Crippen molar-refractivity contribution in [1.82, 2.24) is 0 Å². The molecule has 1 saturated heterocycles. The standard InChI is InChI=1S/C14H18N2O5/c17-13(9-21-10-14(18)19)15-11-1-3-12(4-2-11)16-5-7-20-8-6-16/h1-4H,5-10H2,(H,15,17)(H,18,19). The van der Waals surface area contributed by atoms with Crippen molar-refractivity contribution in [2.24, 2.45) is 0 Å². The third-order valence-electron chi connectivity index (χ3n) is 2.99. The number of carboxylic acid groups (broad SMARTS) is 1. The van der Waals surface area contributed by atoms with Crippen molar-refractivity contribution in [2.75, 3.05) is 49.7 Å². The van der Waals surface area contributed by atoms with E-state index in [4.69, 9.17) is 14.6 Å². The van der Waals surface area contributed by atoms with Gasteiger partial charge >= 0.3 is 5.97 Å². The van der Waals surface area contributed by atoms with Gasteiger partial charge < -0.3 is 24.8 Å². The van der Waals surface area contributed by atoms with Crippen molar-refractivity contribution in [3.8, 4) is 0 Å². The Labute approximate surface area is 122 Å². The number of carbonyl (C=O) groups is 2. The topological polar surface area (TPSA) is 88.1 Å². The second-order valence-electron chi connectivity index (χ2n) is 4.58. The molecule has 0 atom stereocenters. The molecule has 0 aliphatic carbocycles. The van der Waals surface area contributed by atoms with Crippen LogP contribution in [0.3, 0.4) is 0 Å². The third kappa shape index (κ3) is 5.05. The molecule has 0 unspecified atom stereocenters. The van der Waals surface area contributed by atoms with Crippen LogP contribution in [0.15, 0.2) is 24.3 Å². The van der Waals surface area contributed by atoms with Crippen LogP contribution in [0.25, 0.3) is 0 Å². The molecule has 1 aliphatic heterocycles. The van der Waals surface area contributed by atoms with E-state index in [1.807, 2.05) is 12.1 Å². The summed E-state index contributed by atoms with van der Waals surface area (Å²) >= 11 is 0. The van der Waals surface area contributed by atoms with Crippen molar-refractivity contribution in [1.29, 1.82) is 0 Å². The number of nitrogens with zero attached hydrogens (tertiary/aromatic N) is 1. The maximum Gasteiger partial charge on any atom is 0.329 e. The summed E-state index contributed by atoms with van der Waals surface area (Å²) in [6, 6.07) is 7.47. The Morgan fingerprint density at radius 1 is 1.19 bits per heavy atom. The number of carboxylic acids is 1. The second-order valence-corrected chi connectivity index (χ2v) is 4.58. The van der Waals surface area contributed by atoms with Crippen LogP contribution < -0.4 is 10.2 Å². The molecule has 7 heteroatoms. The van der Waals surface area contributed by atoms with Gasteiger partial charge in [-0.25, -0.2) is 4.79 Å². The number of hydrogen-bond donors (Lipinski definition) is 2. The van der Waals surface area contributed by atoms with Crippen LogP contribution in [0.4, 0.5) is 11.4 Å². The molecule has 0 saturated carbocycles. The summed E-state index contributed by atoms with van der Waals surface area (Å²) in [6.45, 7) is 2.39.